The number of methoxy groups -OCH3 is 1. The van der Waals surface area contributed by atoms with E-state index in [2.05, 4.69) is 43.3 Å². The van der Waals surface area contributed by atoms with Gasteiger partial charge in [-0.15, -0.1) is 0 Å². The second-order valence-electron chi connectivity index (χ2n) is 8.01. The third-order valence-electron chi connectivity index (χ3n) is 5.61. The van der Waals surface area contributed by atoms with Gasteiger partial charge in [0.15, 0.2) is 0 Å². The highest BCUT2D eigenvalue weighted by atomic mass is 16.5. The van der Waals surface area contributed by atoms with Crippen molar-refractivity contribution < 1.29 is 9.47 Å². The fourth-order valence-electron chi connectivity index (χ4n) is 3.70. The van der Waals surface area contributed by atoms with Crippen LogP contribution in [0.25, 0.3) is 33.6 Å². The molecule has 0 saturated carbocycles. The minimum absolute atomic E-state index is 0.302. The summed E-state index contributed by atoms with van der Waals surface area (Å²) in [6.07, 6.45) is 0. The maximum atomic E-state index is 6.12. The quantitative estimate of drug-likeness (QED) is 0.271. The van der Waals surface area contributed by atoms with Crippen molar-refractivity contribution in [2.24, 2.45) is 0 Å². The molecular weight excluding hydrogens is 420 g/mol. The molecule has 1 heterocycles. The van der Waals surface area contributed by atoms with Crippen LogP contribution in [0.3, 0.4) is 0 Å². The standard InChI is InChI=1S/C30H24N2O2/c1-21-8-10-24(11-9-21)28-20-29(25-14-16-26(33-2)17-15-25)32-30(31-28)34-27-18-12-23(13-19-27)22-6-4-3-5-7-22/h3-20H,1-2H3. The fraction of sp³-hybridized carbons (Fsp3) is 0.0667. The van der Waals surface area contributed by atoms with Crippen molar-refractivity contribution in [3.63, 3.8) is 0 Å². The molecule has 0 aliphatic rings. The lowest BCUT2D eigenvalue weighted by Crippen LogP contribution is -1.97. The van der Waals surface area contributed by atoms with Crippen molar-refractivity contribution in [1.29, 1.82) is 0 Å². The highest BCUT2D eigenvalue weighted by Crippen LogP contribution is 2.30. The van der Waals surface area contributed by atoms with Crippen LogP contribution in [0, 0.1) is 6.92 Å². The average Bonchev–Trinajstić information content (AvgIpc) is 2.90. The van der Waals surface area contributed by atoms with Crippen LogP contribution < -0.4 is 9.47 Å². The fourth-order valence-corrected chi connectivity index (χ4v) is 3.70. The van der Waals surface area contributed by atoms with Gasteiger partial charge in [-0.05, 0) is 60.5 Å². The van der Waals surface area contributed by atoms with Crippen LogP contribution >= 0.6 is 0 Å². The number of benzene rings is 4. The smallest absolute Gasteiger partial charge is 0.323 e. The van der Waals surface area contributed by atoms with Crippen LogP contribution in [-0.2, 0) is 0 Å². The van der Waals surface area contributed by atoms with Crippen LogP contribution in [0.2, 0.25) is 0 Å². The van der Waals surface area contributed by atoms with Crippen LogP contribution in [0.1, 0.15) is 5.56 Å². The van der Waals surface area contributed by atoms with Crippen LogP contribution in [0.5, 0.6) is 17.5 Å². The van der Waals surface area contributed by atoms with Gasteiger partial charge in [-0.1, -0.05) is 72.3 Å². The first-order valence-electron chi connectivity index (χ1n) is 11.1. The van der Waals surface area contributed by atoms with Gasteiger partial charge in [0.2, 0.25) is 0 Å². The van der Waals surface area contributed by atoms with Gasteiger partial charge in [0.05, 0.1) is 18.5 Å². The van der Waals surface area contributed by atoms with Gasteiger partial charge < -0.3 is 9.47 Å². The summed E-state index contributed by atoms with van der Waals surface area (Å²) in [5.74, 6) is 1.48. The highest BCUT2D eigenvalue weighted by molar-refractivity contribution is 5.69. The number of nitrogens with zero attached hydrogens (tertiary/aromatic N) is 2. The number of rotatable bonds is 6. The molecule has 0 saturated heterocycles. The summed E-state index contributed by atoms with van der Waals surface area (Å²) < 4.78 is 11.4. The average molecular weight is 445 g/mol. The SMILES string of the molecule is COc1ccc(-c2cc(-c3ccc(C)cc3)nc(Oc3ccc(-c4ccccc4)cc3)n2)cc1. The Hall–Kier alpha value is -4.44. The third-order valence-corrected chi connectivity index (χ3v) is 5.61. The molecule has 4 aromatic carbocycles. The van der Waals surface area contributed by atoms with Crippen molar-refractivity contribution in [3.8, 4) is 51.2 Å². The Labute approximate surface area is 199 Å². The summed E-state index contributed by atoms with van der Waals surface area (Å²) in [4.78, 5) is 9.41. The number of aryl methyl sites for hydroxylation is 1. The predicted octanol–water partition coefficient (Wildman–Crippen LogP) is 7.59. The number of hydrogen-bond acceptors (Lipinski definition) is 4. The zero-order valence-electron chi connectivity index (χ0n) is 19.1. The summed E-state index contributed by atoms with van der Waals surface area (Å²) in [7, 11) is 1.66. The number of ether oxygens (including phenoxy) is 2. The molecule has 0 bridgehead atoms. The molecule has 0 radical (unpaired) electrons. The van der Waals surface area contributed by atoms with E-state index in [9.17, 15) is 0 Å². The maximum Gasteiger partial charge on any atom is 0.323 e. The Morgan fingerprint density at radius 3 is 1.62 bits per heavy atom. The minimum atomic E-state index is 0.302. The second kappa shape index (κ2) is 9.59. The third kappa shape index (κ3) is 4.81. The summed E-state index contributed by atoms with van der Waals surface area (Å²) in [5.41, 5.74) is 7.03. The van der Waals surface area contributed by atoms with Gasteiger partial charge in [0.1, 0.15) is 11.5 Å². The van der Waals surface area contributed by atoms with Crippen molar-refractivity contribution in [3.05, 3.63) is 115 Å². The zero-order chi connectivity index (χ0) is 23.3. The van der Waals surface area contributed by atoms with E-state index in [0.29, 0.717) is 11.8 Å². The molecule has 5 aromatic rings. The summed E-state index contributed by atoms with van der Waals surface area (Å²) in [6.45, 7) is 2.07. The van der Waals surface area contributed by atoms with Crippen molar-refractivity contribution in [1.82, 2.24) is 9.97 Å². The van der Waals surface area contributed by atoms with E-state index in [0.717, 1.165) is 39.4 Å². The van der Waals surface area contributed by atoms with E-state index < -0.39 is 0 Å². The Kier molecular flexibility index (Phi) is 6.04. The van der Waals surface area contributed by atoms with Gasteiger partial charge in [-0.2, -0.15) is 9.97 Å². The molecule has 34 heavy (non-hydrogen) atoms. The molecule has 0 spiro atoms. The molecule has 0 fully saturated rings. The Bertz CT molecular complexity index is 1380. The molecule has 0 unspecified atom stereocenters. The lowest BCUT2D eigenvalue weighted by Gasteiger charge is -2.11. The Balaban J connectivity index is 1.50. The minimum Gasteiger partial charge on any atom is -0.497 e. The lowest BCUT2D eigenvalue weighted by atomic mass is 10.1. The molecular formula is C30H24N2O2. The van der Waals surface area contributed by atoms with E-state index in [1.165, 1.54) is 5.56 Å². The van der Waals surface area contributed by atoms with E-state index in [1.807, 2.05) is 72.8 Å². The summed E-state index contributed by atoms with van der Waals surface area (Å²) in [6, 6.07) is 36.6. The van der Waals surface area contributed by atoms with Gasteiger partial charge in [-0.3, -0.25) is 0 Å². The molecule has 1 aromatic heterocycles. The number of hydrogen-bond donors (Lipinski definition) is 0. The maximum absolute atomic E-state index is 6.12. The van der Waals surface area contributed by atoms with E-state index in [4.69, 9.17) is 19.4 Å². The molecule has 166 valence electrons. The topological polar surface area (TPSA) is 44.2 Å². The van der Waals surface area contributed by atoms with Gasteiger partial charge in [0.25, 0.3) is 0 Å². The monoisotopic (exact) mass is 444 g/mol. The Morgan fingerprint density at radius 2 is 1.03 bits per heavy atom. The normalized spacial score (nSPS) is 10.6. The van der Waals surface area contributed by atoms with Gasteiger partial charge in [-0.25, -0.2) is 0 Å². The largest absolute Gasteiger partial charge is 0.497 e. The predicted molar refractivity (Wildman–Crippen MR) is 136 cm³/mol. The van der Waals surface area contributed by atoms with Crippen molar-refractivity contribution >= 4 is 0 Å². The molecule has 4 nitrogen and oxygen atoms in total. The van der Waals surface area contributed by atoms with Gasteiger partial charge >= 0.3 is 6.01 Å². The molecule has 0 atom stereocenters. The van der Waals surface area contributed by atoms with E-state index in [1.54, 1.807) is 7.11 Å². The van der Waals surface area contributed by atoms with E-state index >= 15 is 0 Å². The van der Waals surface area contributed by atoms with Crippen LogP contribution in [0.15, 0.2) is 109 Å². The first kappa shape index (κ1) is 21.4. The van der Waals surface area contributed by atoms with Crippen molar-refractivity contribution in [2.45, 2.75) is 6.92 Å². The Morgan fingerprint density at radius 1 is 0.529 bits per heavy atom. The molecule has 0 amide bonds. The second-order valence-corrected chi connectivity index (χ2v) is 8.01. The number of aromatic nitrogens is 2. The molecule has 0 aliphatic heterocycles. The molecule has 0 aliphatic carbocycles. The summed E-state index contributed by atoms with van der Waals surface area (Å²) in [5, 5.41) is 0. The molecule has 5 rings (SSSR count). The molecule has 4 heteroatoms. The van der Waals surface area contributed by atoms with Crippen molar-refractivity contribution in [2.75, 3.05) is 7.11 Å². The van der Waals surface area contributed by atoms with Gasteiger partial charge in [0, 0.05) is 11.1 Å². The van der Waals surface area contributed by atoms with Crippen LogP contribution in [0.4, 0.5) is 0 Å². The molecule has 0 N–H and O–H groups in total. The zero-order valence-corrected chi connectivity index (χ0v) is 19.1. The summed E-state index contributed by atoms with van der Waals surface area (Å²) >= 11 is 0. The van der Waals surface area contributed by atoms with Crippen LogP contribution in [-0.4, -0.2) is 17.1 Å². The first-order valence-corrected chi connectivity index (χ1v) is 11.1. The highest BCUT2D eigenvalue weighted by Gasteiger charge is 2.11. The van der Waals surface area contributed by atoms with E-state index in [-0.39, 0.29) is 0 Å². The lowest BCUT2D eigenvalue weighted by molar-refractivity contribution is 0.415. The first-order chi connectivity index (χ1) is 16.7.